The van der Waals surface area contributed by atoms with Crippen molar-refractivity contribution in [3.05, 3.63) is 83.6 Å². The van der Waals surface area contributed by atoms with Crippen LogP contribution in [0.15, 0.2) is 65.1 Å². The largest absolute Gasteiger partial charge is 0.424 e. The highest BCUT2D eigenvalue weighted by Crippen LogP contribution is 2.49. The summed E-state index contributed by atoms with van der Waals surface area (Å²) in [6, 6.07) is 21.8. The fourth-order valence-corrected chi connectivity index (χ4v) is 5.21. The third-order valence-corrected chi connectivity index (χ3v) is 6.83. The topological polar surface area (TPSA) is 45.4 Å². The Morgan fingerprint density at radius 3 is 2.13 bits per heavy atom. The Kier molecular flexibility index (Phi) is 5.40. The molecular formula is C25H30N4O. The highest BCUT2D eigenvalue weighted by Gasteiger charge is 2.47. The first-order valence-corrected chi connectivity index (χ1v) is 11.0. The molecule has 5 rings (SSSR count). The van der Waals surface area contributed by atoms with Crippen LogP contribution in [0.3, 0.4) is 0 Å². The molecule has 1 atom stereocenters. The van der Waals surface area contributed by atoms with Gasteiger partial charge in [-0.15, -0.1) is 10.2 Å². The average Bonchev–Trinajstić information content (AvgIpc) is 3.35. The Bertz CT molecular complexity index is 948. The predicted octanol–water partition coefficient (Wildman–Crippen LogP) is 4.61. The molecule has 156 valence electrons. The van der Waals surface area contributed by atoms with Crippen molar-refractivity contribution < 1.29 is 4.42 Å². The van der Waals surface area contributed by atoms with Crippen LogP contribution in [-0.2, 0) is 13.1 Å². The van der Waals surface area contributed by atoms with Crippen molar-refractivity contribution >= 4 is 0 Å². The number of piperidine rings is 1. The first-order valence-electron chi connectivity index (χ1n) is 11.0. The Morgan fingerprint density at radius 1 is 0.900 bits per heavy atom. The molecule has 3 heterocycles. The van der Waals surface area contributed by atoms with Crippen LogP contribution in [0.5, 0.6) is 0 Å². The SMILES string of the molecule is Cc1nnc(C2CC3(CCN(Cc4ccccc4)CC3)CN2Cc2ccccc2)o1. The summed E-state index contributed by atoms with van der Waals surface area (Å²) >= 11 is 0. The van der Waals surface area contributed by atoms with Crippen molar-refractivity contribution in [2.24, 2.45) is 5.41 Å². The fraction of sp³-hybridized carbons (Fsp3) is 0.440. The molecule has 2 aliphatic rings. The maximum atomic E-state index is 5.90. The highest BCUT2D eigenvalue weighted by molar-refractivity contribution is 5.17. The van der Waals surface area contributed by atoms with E-state index in [0.717, 1.165) is 45.0 Å². The van der Waals surface area contributed by atoms with Crippen molar-refractivity contribution in [2.75, 3.05) is 19.6 Å². The van der Waals surface area contributed by atoms with Gasteiger partial charge in [0.25, 0.3) is 0 Å². The van der Waals surface area contributed by atoms with E-state index in [2.05, 4.69) is 80.7 Å². The number of hydrogen-bond acceptors (Lipinski definition) is 5. The molecule has 1 unspecified atom stereocenters. The molecule has 0 N–H and O–H groups in total. The summed E-state index contributed by atoms with van der Waals surface area (Å²) in [6.07, 6.45) is 3.57. The maximum absolute atomic E-state index is 5.90. The zero-order valence-corrected chi connectivity index (χ0v) is 17.7. The lowest BCUT2D eigenvalue weighted by Crippen LogP contribution is -2.41. The van der Waals surface area contributed by atoms with E-state index in [4.69, 9.17) is 4.42 Å². The van der Waals surface area contributed by atoms with Gasteiger partial charge in [0, 0.05) is 26.6 Å². The Balaban J connectivity index is 1.30. The van der Waals surface area contributed by atoms with E-state index in [0.29, 0.717) is 11.3 Å². The van der Waals surface area contributed by atoms with E-state index >= 15 is 0 Å². The number of aryl methyl sites for hydroxylation is 1. The standard InChI is InChI=1S/C25H30N4O/c1-20-26-27-24(30-20)23-16-25(19-29(23)18-22-10-6-3-7-11-22)12-14-28(15-13-25)17-21-8-4-2-5-9-21/h2-11,23H,12-19H2,1H3. The molecule has 2 aliphatic heterocycles. The van der Waals surface area contributed by atoms with Crippen molar-refractivity contribution in [1.82, 2.24) is 20.0 Å². The lowest BCUT2D eigenvalue weighted by Gasteiger charge is -2.39. The summed E-state index contributed by atoms with van der Waals surface area (Å²) < 4.78 is 5.90. The number of hydrogen-bond donors (Lipinski definition) is 0. The monoisotopic (exact) mass is 402 g/mol. The quantitative estimate of drug-likeness (QED) is 0.624. The second-order valence-corrected chi connectivity index (χ2v) is 9.03. The van der Waals surface area contributed by atoms with Crippen LogP contribution in [0.4, 0.5) is 0 Å². The van der Waals surface area contributed by atoms with E-state index in [1.807, 2.05) is 6.92 Å². The van der Waals surface area contributed by atoms with Crippen LogP contribution in [0.2, 0.25) is 0 Å². The molecule has 2 fully saturated rings. The lowest BCUT2D eigenvalue weighted by atomic mass is 9.76. The van der Waals surface area contributed by atoms with Gasteiger partial charge >= 0.3 is 0 Å². The molecule has 1 spiro atoms. The normalized spacial score (nSPS) is 22.0. The molecule has 5 nitrogen and oxygen atoms in total. The highest BCUT2D eigenvalue weighted by atomic mass is 16.4. The molecule has 3 aromatic rings. The molecule has 0 aliphatic carbocycles. The van der Waals surface area contributed by atoms with E-state index < -0.39 is 0 Å². The minimum atomic E-state index is 0.215. The van der Waals surface area contributed by atoms with Crippen molar-refractivity contribution in [3.63, 3.8) is 0 Å². The van der Waals surface area contributed by atoms with Gasteiger partial charge in [-0.2, -0.15) is 0 Å². The number of nitrogens with zero attached hydrogens (tertiary/aromatic N) is 4. The van der Waals surface area contributed by atoms with Gasteiger partial charge < -0.3 is 4.42 Å². The minimum absolute atomic E-state index is 0.215. The van der Waals surface area contributed by atoms with Gasteiger partial charge in [0.05, 0.1) is 6.04 Å². The molecule has 2 saturated heterocycles. The molecule has 0 amide bonds. The average molecular weight is 403 g/mol. The van der Waals surface area contributed by atoms with Crippen molar-refractivity contribution in [3.8, 4) is 0 Å². The fourth-order valence-electron chi connectivity index (χ4n) is 5.21. The molecule has 0 radical (unpaired) electrons. The zero-order valence-electron chi connectivity index (χ0n) is 17.7. The number of aromatic nitrogens is 2. The van der Waals surface area contributed by atoms with Gasteiger partial charge in [-0.3, -0.25) is 9.80 Å². The minimum Gasteiger partial charge on any atom is -0.424 e. The second-order valence-electron chi connectivity index (χ2n) is 9.03. The third-order valence-electron chi connectivity index (χ3n) is 6.83. The summed E-state index contributed by atoms with van der Waals surface area (Å²) in [7, 11) is 0. The van der Waals surface area contributed by atoms with Crippen LogP contribution < -0.4 is 0 Å². The summed E-state index contributed by atoms with van der Waals surface area (Å²) in [5.74, 6) is 1.44. The van der Waals surface area contributed by atoms with Gasteiger partial charge in [0.1, 0.15) is 0 Å². The summed E-state index contributed by atoms with van der Waals surface area (Å²) in [5.41, 5.74) is 3.09. The first kappa shape index (κ1) is 19.5. The van der Waals surface area contributed by atoms with Crippen LogP contribution in [-0.4, -0.2) is 39.6 Å². The smallest absolute Gasteiger partial charge is 0.233 e. The van der Waals surface area contributed by atoms with Crippen LogP contribution in [0.1, 0.15) is 48.2 Å². The molecule has 0 bridgehead atoms. The van der Waals surface area contributed by atoms with E-state index in [1.54, 1.807) is 0 Å². The number of rotatable bonds is 5. The first-order chi connectivity index (χ1) is 14.7. The van der Waals surface area contributed by atoms with Crippen molar-refractivity contribution in [1.29, 1.82) is 0 Å². The zero-order chi connectivity index (χ0) is 20.4. The number of benzene rings is 2. The molecule has 0 saturated carbocycles. The Morgan fingerprint density at radius 2 is 1.53 bits per heavy atom. The lowest BCUT2D eigenvalue weighted by molar-refractivity contribution is 0.102. The van der Waals surface area contributed by atoms with Crippen LogP contribution >= 0.6 is 0 Å². The molecule has 5 heteroatoms. The third kappa shape index (κ3) is 4.18. The summed E-state index contributed by atoms with van der Waals surface area (Å²) in [6.45, 7) is 7.28. The van der Waals surface area contributed by atoms with Gasteiger partial charge in [0.2, 0.25) is 11.8 Å². The van der Waals surface area contributed by atoms with E-state index in [9.17, 15) is 0 Å². The van der Waals surface area contributed by atoms with E-state index in [-0.39, 0.29) is 6.04 Å². The van der Waals surface area contributed by atoms with Crippen LogP contribution in [0.25, 0.3) is 0 Å². The Hall–Kier alpha value is -2.50. The second kappa shape index (κ2) is 8.32. The van der Waals surface area contributed by atoms with Crippen molar-refractivity contribution in [2.45, 2.75) is 45.3 Å². The predicted molar refractivity (Wildman–Crippen MR) is 117 cm³/mol. The summed E-state index contributed by atoms with van der Waals surface area (Å²) in [4.78, 5) is 5.17. The van der Waals surface area contributed by atoms with Gasteiger partial charge in [-0.1, -0.05) is 60.7 Å². The maximum Gasteiger partial charge on any atom is 0.233 e. The summed E-state index contributed by atoms with van der Waals surface area (Å²) in [5, 5.41) is 8.51. The van der Waals surface area contributed by atoms with E-state index in [1.165, 1.54) is 24.0 Å². The van der Waals surface area contributed by atoms with Gasteiger partial charge in [-0.05, 0) is 48.9 Å². The molecule has 1 aromatic heterocycles. The number of likely N-dealkylation sites (tertiary alicyclic amines) is 2. The van der Waals surface area contributed by atoms with Crippen LogP contribution in [0, 0.1) is 12.3 Å². The molecular weight excluding hydrogens is 372 g/mol. The molecule has 30 heavy (non-hydrogen) atoms. The van der Waals surface area contributed by atoms with Gasteiger partial charge in [0.15, 0.2) is 0 Å². The molecule has 2 aromatic carbocycles. The Labute approximate surface area is 178 Å². The van der Waals surface area contributed by atoms with Gasteiger partial charge in [-0.25, -0.2) is 0 Å².